The van der Waals surface area contributed by atoms with Gasteiger partial charge in [-0.15, -0.1) is 0 Å². The van der Waals surface area contributed by atoms with Gasteiger partial charge in [-0.05, 0) is 24.4 Å². The third-order valence-corrected chi connectivity index (χ3v) is 4.54. The highest BCUT2D eigenvalue weighted by atomic mass is 16.5. The van der Waals surface area contributed by atoms with Crippen LogP contribution in [0.25, 0.3) is 22.2 Å². The Balaban J connectivity index is 1.39. The summed E-state index contributed by atoms with van der Waals surface area (Å²) in [6, 6.07) is 9.12. The fourth-order valence-corrected chi connectivity index (χ4v) is 3.06. The summed E-state index contributed by atoms with van der Waals surface area (Å²) in [7, 11) is 0. The molecule has 11 nitrogen and oxygen atoms in total. The number of esters is 1. The zero-order valence-corrected chi connectivity index (χ0v) is 17.5. The molecule has 0 atom stereocenters. The number of hydrogen-bond acceptors (Lipinski definition) is 9. The highest BCUT2D eigenvalue weighted by Crippen LogP contribution is 2.26. The summed E-state index contributed by atoms with van der Waals surface area (Å²) in [5.74, 6) is 1.09. The second kappa shape index (κ2) is 9.25. The van der Waals surface area contributed by atoms with E-state index in [9.17, 15) is 9.59 Å². The average molecular weight is 435 g/mol. The van der Waals surface area contributed by atoms with Gasteiger partial charge in [-0.3, -0.25) is 9.89 Å². The van der Waals surface area contributed by atoms with E-state index in [1.807, 2.05) is 24.3 Å². The number of nitrogens with one attached hydrogen (secondary N) is 3. The fraction of sp³-hybridized carbons (Fsp3) is 0.238. The van der Waals surface area contributed by atoms with Gasteiger partial charge in [-0.1, -0.05) is 17.3 Å². The molecule has 0 saturated heterocycles. The molecule has 0 spiro atoms. The van der Waals surface area contributed by atoms with Crippen molar-refractivity contribution in [1.82, 2.24) is 25.3 Å². The standard InChI is InChI=1S/C21H21N7O4/c1-3-31-21(30)16-11-17(27-26-16)25-18(29)7-9-23-20-15-10-14(19-24-12(2)32-28-19)5-4-13(15)6-8-22-20/h4-6,8,10-11H,3,7,9H2,1-2H3,(H,22,23)(H2,25,26,27,29). The molecule has 0 aliphatic heterocycles. The van der Waals surface area contributed by atoms with Crippen LogP contribution in [0.5, 0.6) is 0 Å². The van der Waals surface area contributed by atoms with Gasteiger partial charge in [0.15, 0.2) is 5.82 Å². The van der Waals surface area contributed by atoms with Gasteiger partial charge in [0.2, 0.25) is 17.6 Å². The molecule has 164 valence electrons. The van der Waals surface area contributed by atoms with E-state index < -0.39 is 5.97 Å². The number of aryl methyl sites for hydroxylation is 1. The van der Waals surface area contributed by atoms with Gasteiger partial charge < -0.3 is 19.9 Å². The quantitative estimate of drug-likeness (QED) is 0.355. The number of amides is 1. The molecule has 4 rings (SSSR count). The average Bonchev–Trinajstić information content (AvgIpc) is 3.43. The number of pyridine rings is 1. The maximum Gasteiger partial charge on any atom is 0.356 e. The molecule has 0 bridgehead atoms. The van der Waals surface area contributed by atoms with Crippen molar-refractivity contribution in [3.8, 4) is 11.4 Å². The van der Waals surface area contributed by atoms with Crippen LogP contribution in [0.1, 0.15) is 29.7 Å². The zero-order valence-electron chi connectivity index (χ0n) is 17.5. The summed E-state index contributed by atoms with van der Waals surface area (Å²) in [6.45, 7) is 4.04. The molecule has 1 amide bonds. The highest BCUT2D eigenvalue weighted by molar-refractivity contribution is 5.95. The number of hydrogen-bond donors (Lipinski definition) is 3. The summed E-state index contributed by atoms with van der Waals surface area (Å²) in [5.41, 5.74) is 0.979. The molecule has 3 heterocycles. The van der Waals surface area contributed by atoms with E-state index in [1.54, 1.807) is 20.0 Å². The van der Waals surface area contributed by atoms with E-state index in [0.29, 0.717) is 24.1 Å². The fourth-order valence-electron chi connectivity index (χ4n) is 3.06. The second-order valence-corrected chi connectivity index (χ2v) is 6.84. The maximum absolute atomic E-state index is 12.2. The van der Waals surface area contributed by atoms with E-state index in [0.717, 1.165) is 16.3 Å². The number of benzene rings is 1. The molecule has 0 aliphatic carbocycles. The molecular formula is C21H21N7O4. The number of anilines is 2. The van der Waals surface area contributed by atoms with Gasteiger partial charge in [0, 0.05) is 43.1 Å². The normalized spacial score (nSPS) is 10.8. The molecule has 11 heteroatoms. The summed E-state index contributed by atoms with van der Waals surface area (Å²) < 4.78 is 9.94. The molecule has 3 aromatic heterocycles. The monoisotopic (exact) mass is 435 g/mol. The first-order valence-corrected chi connectivity index (χ1v) is 9.99. The van der Waals surface area contributed by atoms with Crippen molar-refractivity contribution in [1.29, 1.82) is 0 Å². The maximum atomic E-state index is 12.2. The smallest absolute Gasteiger partial charge is 0.356 e. The Hall–Kier alpha value is -4.28. The Labute approximate surface area is 182 Å². The Bertz CT molecular complexity index is 1260. The third kappa shape index (κ3) is 4.72. The van der Waals surface area contributed by atoms with Crippen LogP contribution in [0.4, 0.5) is 11.6 Å². The van der Waals surface area contributed by atoms with E-state index in [4.69, 9.17) is 9.26 Å². The number of aromatic nitrogens is 5. The van der Waals surface area contributed by atoms with Gasteiger partial charge in [0.05, 0.1) is 6.61 Å². The van der Waals surface area contributed by atoms with Crippen molar-refractivity contribution in [2.75, 3.05) is 23.8 Å². The summed E-state index contributed by atoms with van der Waals surface area (Å²) in [5, 5.41) is 18.1. The van der Waals surface area contributed by atoms with Crippen molar-refractivity contribution in [3.05, 3.63) is 48.1 Å². The predicted octanol–water partition coefficient (Wildman–Crippen LogP) is 2.93. The van der Waals surface area contributed by atoms with Crippen LogP contribution in [0, 0.1) is 6.92 Å². The van der Waals surface area contributed by atoms with Crippen LogP contribution < -0.4 is 10.6 Å². The Morgan fingerprint density at radius 1 is 1.22 bits per heavy atom. The number of carbonyl (C=O) groups excluding carboxylic acids is 2. The van der Waals surface area contributed by atoms with E-state index in [2.05, 4.69) is 36.0 Å². The van der Waals surface area contributed by atoms with Crippen LogP contribution in [0.15, 0.2) is 41.1 Å². The van der Waals surface area contributed by atoms with Gasteiger partial charge in [0.1, 0.15) is 11.5 Å². The number of aromatic amines is 1. The summed E-state index contributed by atoms with van der Waals surface area (Å²) >= 11 is 0. The van der Waals surface area contributed by atoms with Crippen LogP contribution in [0.3, 0.4) is 0 Å². The van der Waals surface area contributed by atoms with Crippen molar-refractivity contribution in [2.24, 2.45) is 0 Å². The van der Waals surface area contributed by atoms with Gasteiger partial charge >= 0.3 is 5.97 Å². The third-order valence-electron chi connectivity index (χ3n) is 4.54. The highest BCUT2D eigenvalue weighted by Gasteiger charge is 2.13. The minimum Gasteiger partial charge on any atom is -0.461 e. The lowest BCUT2D eigenvalue weighted by molar-refractivity contribution is -0.116. The van der Waals surface area contributed by atoms with Crippen LogP contribution in [0.2, 0.25) is 0 Å². The summed E-state index contributed by atoms with van der Waals surface area (Å²) in [4.78, 5) is 32.6. The molecular weight excluding hydrogens is 414 g/mol. The molecule has 32 heavy (non-hydrogen) atoms. The number of fused-ring (bicyclic) bond motifs is 1. The minimum absolute atomic E-state index is 0.170. The minimum atomic E-state index is -0.528. The lowest BCUT2D eigenvalue weighted by Crippen LogP contribution is -2.17. The molecule has 0 saturated carbocycles. The van der Waals surface area contributed by atoms with Crippen molar-refractivity contribution < 1.29 is 18.8 Å². The van der Waals surface area contributed by atoms with Crippen molar-refractivity contribution in [3.63, 3.8) is 0 Å². The molecule has 3 N–H and O–H groups in total. The number of carbonyl (C=O) groups is 2. The first kappa shape index (κ1) is 21.0. The number of ether oxygens (including phenoxy) is 1. The Kier molecular flexibility index (Phi) is 6.06. The van der Waals surface area contributed by atoms with Gasteiger partial charge in [-0.2, -0.15) is 10.1 Å². The number of nitrogens with zero attached hydrogens (tertiary/aromatic N) is 4. The Morgan fingerprint density at radius 2 is 2.09 bits per heavy atom. The molecule has 4 aromatic rings. The second-order valence-electron chi connectivity index (χ2n) is 6.84. The van der Waals surface area contributed by atoms with Crippen molar-refractivity contribution >= 4 is 34.3 Å². The largest absolute Gasteiger partial charge is 0.461 e. The summed E-state index contributed by atoms with van der Waals surface area (Å²) in [6.07, 6.45) is 1.87. The van der Waals surface area contributed by atoms with Crippen LogP contribution in [-0.2, 0) is 9.53 Å². The molecule has 0 aliphatic rings. The Morgan fingerprint density at radius 3 is 2.88 bits per heavy atom. The first-order valence-electron chi connectivity index (χ1n) is 9.99. The molecule has 0 radical (unpaired) electrons. The molecule has 1 aromatic carbocycles. The van der Waals surface area contributed by atoms with Gasteiger partial charge in [-0.25, -0.2) is 9.78 Å². The molecule has 0 unspecified atom stereocenters. The van der Waals surface area contributed by atoms with Crippen LogP contribution in [-0.4, -0.2) is 50.4 Å². The van der Waals surface area contributed by atoms with E-state index in [-0.39, 0.29) is 30.4 Å². The van der Waals surface area contributed by atoms with Gasteiger partial charge in [0.25, 0.3) is 0 Å². The number of rotatable bonds is 8. The van der Waals surface area contributed by atoms with E-state index in [1.165, 1.54) is 6.07 Å². The van der Waals surface area contributed by atoms with E-state index >= 15 is 0 Å². The SMILES string of the molecule is CCOC(=O)c1cc(NC(=O)CCNc2nccc3ccc(-c4noc(C)n4)cc23)n[nH]1. The zero-order chi connectivity index (χ0) is 22.5. The van der Waals surface area contributed by atoms with Crippen LogP contribution >= 0.6 is 0 Å². The lowest BCUT2D eigenvalue weighted by Gasteiger charge is -2.09. The predicted molar refractivity (Wildman–Crippen MR) is 116 cm³/mol. The topological polar surface area (TPSA) is 148 Å². The first-order chi connectivity index (χ1) is 15.5. The van der Waals surface area contributed by atoms with Crippen molar-refractivity contribution in [2.45, 2.75) is 20.3 Å². The number of H-pyrrole nitrogens is 1. The molecule has 0 fully saturated rings. The lowest BCUT2D eigenvalue weighted by atomic mass is 10.1.